The first-order valence-electron chi connectivity index (χ1n) is 24.9. The van der Waals surface area contributed by atoms with Gasteiger partial charge in [0, 0.05) is 55.3 Å². The second kappa shape index (κ2) is 15.6. The predicted octanol–water partition coefficient (Wildman–Crippen LogP) is 16.4. The minimum Gasteiger partial charge on any atom is -0.309 e. The lowest BCUT2D eigenvalue weighted by molar-refractivity contribution is 0.625. The highest BCUT2D eigenvalue weighted by Crippen LogP contribution is 2.53. The van der Waals surface area contributed by atoms with Gasteiger partial charge in [0.15, 0.2) is 0 Å². The lowest BCUT2D eigenvalue weighted by atomic mass is 9.88. The monoisotopic (exact) mass is 949 g/mol. The molecule has 0 radical (unpaired) electrons. The van der Waals surface area contributed by atoms with Crippen LogP contribution in [0.3, 0.4) is 0 Å². The second-order valence-corrected chi connectivity index (χ2v) is 25.8. The zero-order chi connectivity index (χ0) is 48.6. The van der Waals surface area contributed by atoms with Crippen LogP contribution < -0.4 is 10.4 Å². The summed E-state index contributed by atoms with van der Waals surface area (Å²) in [5.74, 6) is -0.623. The van der Waals surface area contributed by atoms with Crippen LogP contribution in [0.25, 0.3) is 93.6 Å². The molecule has 10 aromatic carbocycles. The molecule has 3 aromatic heterocycles. The summed E-state index contributed by atoms with van der Waals surface area (Å²) >= 11 is 0. The molecule has 3 nitrogen and oxygen atoms in total. The Balaban J connectivity index is 1.04. The molecule has 1 aliphatic rings. The van der Waals surface area contributed by atoms with E-state index >= 15 is 8.78 Å². The van der Waals surface area contributed by atoms with Crippen molar-refractivity contribution < 1.29 is 8.78 Å². The second-order valence-electron chi connectivity index (χ2n) is 20.9. The third-order valence-corrected chi connectivity index (χ3v) is 22.3. The van der Waals surface area contributed by atoms with Crippen molar-refractivity contribution in [3.63, 3.8) is 0 Å². The molecule has 2 unspecified atom stereocenters. The van der Waals surface area contributed by atoms with Gasteiger partial charge < -0.3 is 13.7 Å². The average Bonchev–Trinajstić information content (AvgIpc) is 4.13. The number of nitrogens with zero attached hydrogens (tertiary/aromatic N) is 3. The summed E-state index contributed by atoms with van der Waals surface area (Å²) in [5, 5.41) is 9.44. The summed E-state index contributed by atoms with van der Waals surface area (Å²) in [5.41, 5.74) is 15.1. The third-order valence-electron chi connectivity index (χ3n) is 16.3. The molecule has 0 spiro atoms. The van der Waals surface area contributed by atoms with Crippen molar-refractivity contribution in [2.75, 3.05) is 0 Å². The van der Waals surface area contributed by atoms with Gasteiger partial charge in [-0.2, -0.15) is 0 Å². The van der Waals surface area contributed by atoms with Crippen molar-refractivity contribution in [1.29, 1.82) is 0 Å². The van der Waals surface area contributed by atoms with Crippen LogP contribution in [-0.2, 0) is 0 Å². The zero-order valence-electron chi connectivity index (χ0n) is 40.5. The highest BCUT2D eigenvalue weighted by molar-refractivity contribution is 7.03. The molecule has 0 fully saturated rings. The van der Waals surface area contributed by atoms with E-state index in [0.29, 0.717) is 0 Å². The molecular weight excluding hydrogens is 901 g/mol. The van der Waals surface area contributed by atoms with Gasteiger partial charge in [0.1, 0.15) is 19.7 Å². The van der Waals surface area contributed by atoms with E-state index < -0.39 is 8.07 Å². The van der Waals surface area contributed by atoms with Crippen LogP contribution in [0, 0.1) is 11.6 Å². The maximum atomic E-state index is 15.3. The molecule has 1 aliphatic carbocycles. The maximum Gasteiger partial charge on any atom is 0.125 e. The summed E-state index contributed by atoms with van der Waals surface area (Å²) in [6.07, 6.45) is 0. The Hall–Kier alpha value is -8.32. The Kier molecular flexibility index (Phi) is 9.21. The van der Waals surface area contributed by atoms with Gasteiger partial charge in [-0.1, -0.05) is 177 Å². The van der Waals surface area contributed by atoms with Gasteiger partial charge in [-0.3, -0.25) is 0 Å². The Morgan fingerprint density at radius 2 is 0.819 bits per heavy atom. The van der Waals surface area contributed by atoms with Crippen LogP contribution >= 0.6 is 0 Å². The number of para-hydroxylation sites is 3. The highest BCUT2D eigenvalue weighted by Gasteiger charge is 2.44. The fourth-order valence-corrected chi connectivity index (χ4v) is 16.4. The number of fused-ring (bicyclic) bond motifs is 14. The lowest BCUT2D eigenvalue weighted by Crippen LogP contribution is -2.61. The van der Waals surface area contributed by atoms with E-state index in [4.69, 9.17) is 0 Å². The first-order valence-corrected chi connectivity index (χ1v) is 27.4. The van der Waals surface area contributed by atoms with Gasteiger partial charge in [-0.05, 0) is 112 Å². The van der Waals surface area contributed by atoms with Crippen molar-refractivity contribution in [2.45, 2.75) is 38.3 Å². The van der Waals surface area contributed by atoms with Crippen LogP contribution in [0.5, 0.6) is 0 Å². The number of halogens is 2. The van der Waals surface area contributed by atoms with E-state index in [1.54, 1.807) is 24.3 Å². The van der Waals surface area contributed by atoms with Crippen molar-refractivity contribution in [3.05, 3.63) is 247 Å². The SMILES string of the molecule is CC(C)(C)[Si](C)(c1ccc2c(c1)c1ccc3c(c1n2-c1ccccc1)C(c1ccccc1)c1cc(F)ccc1-3)c1ccc2c(c1)c1ccc3c4ccc(F)cc4n(-c4ccccc4)c3c1n2-c1ccccc1. The summed E-state index contributed by atoms with van der Waals surface area (Å²) in [4.78, 5) is 0. The molecule has 14 rings (SSSR count). The molecule has 0 amide bonds. The fourth-order valence-electron chi connectivity index (χ4n) is 12.6. The van der Waals surface area contributed by atoms with Crippen molar-refractivity contribution >= 4 is 83.9 Å². The van der Waals surface area contributed by atoms with Gasteiger partial charge >= 0.3 is 0 Å². The van der Waals surface area contributed by atoms with E-state index in [2.05, 4.69) is 217 Å². The van der Waals surface area contributed by atoms with Crippen LogP contribution in [0.2, 0.25) is 11.6 Å². The molecule has 13 aromatic rings. The number of hydrogen-bond acceptors (Lipinski definition) is 0. The molecule has 0 saturated heterocycles. The van der Waals surface area contributed by atoms with Gasteiger partial charge in [-0.15, -0.1) is 0 Å². The van der Waals surface area contributed by atoms with E-state index in [1.807, 2.05) is 18.2 Å². The Morgan fingerprint density at radius 1 is 0.389 bits per heavy atom. The number of benzene rings is 10. The normalized spacial score (nSPS) is 14.5. The highest BCUT2D eigenvalue weighted by atomic mass is 28.3. The quantitative estimate of drug-likeness (QED) is 0.148. The molecule has 2 atom stereocenters. The van der Waals surface area contributed by atoms with E-state index in [-0.39, 0.29) is 22.6 Å². The Morgan fingerprint density at radius 3 is 1.38 bits per heavy atom. The third kappa shape index (κ3) is 5.99. The summed E-state index contributed by atoms with van der Waals surface area (Å²) in [6.45, 7) is 9.81. The molecule has 346 valence electrons. The number of aromatic nitrogens is 3. The first kappa shape index (κ1) is 42.5. The van der Waals surface area contributed by atoms with Crippen molar-refractivity contribution in [3.8, 4) is 28.2 Å². The summed E-state index contributed by atoms with van der Waals surface area (Å²) in [7, 11) is -2.65. The van der Waals surface area contributed by atoms with Crippen LogP contribution in [0.15, 0.2) is 218 Å². The van der Waals surface area contributed by atoms with Crippen molar-refractivity contribution in [1.82, 2.24) is 13.7 Å². The molecule has 3 heterocycles. The summed E-state index contributed by atoms with van der Waals surface area (Å²) < 4.78 is 37.7. The Labute approximate surface area is 417 Å². The first-order chi connectivity index (χ1) is 35.1. The van der Waals surface area contributed by atoms with Crippen LogP contribution in [0.4, 0.5) is 8.78 Å². The minimum absolute atomic E-state index is 0.105. The number of rotatable bonds is 6. The number of hydrogen-bond donors (Lipinski definition) is 0. The van der Waals surface area contributed by atoms with E-state index in [1.165, 1.54) is 32.1 Å². The molecule has 0 bridgehead atoms. The average molecular weight is 950 g/mol. The van der Waals surface area contributed by atoms with Gasteiger partial charge in [0.05, 0.1) is 33.1 Å². The molecule has 0 N–H and O–H groups in total. The topological polar surface area (TPSA) is 14.8 Å². The minimum atomic E-state index is -2.65. The maximum absolute atomic E-state index is 15.3. The molecule has 6 heteroatoms. The molecular formula is C66H49F2N3Si. The van der Waals surface area contributed by atoms with Crippen LogP contribution in [-0.4, -0.2) is 21.8 Å². The predicted molar refractivity (Wildman–Crippen MR) is 299 cm³/mol. The molecule has 72 heavy (non-hydrogen) atoms. The van der Waals surface area contributed by atoms with Crippen molar-refractivity contribution in [2.24, 2.45) is 0 Å². The largest absolute Gasteiger partial charge is 0.309 e. The van der Waals surface area contributed by atoms with E-state index in [9.17, 15) is 0 Å². The van der Waals surface area contributed by atoms with Gasteiger partial charge in [0.2, 0.25) is 0 Å². The molecule has 0 saturated carbocycles. The Bertz CT molecular complexity index is 4340. The van der Waals surface area contributed by atoms with Crippen LogP contribution in [0.1, 0.15) is 43.4 Å². The molecule has 0 aliphatic heterocycles. The van der Waals surface area contributed by atoms with E-state index in [0.717, 1.165) is 88.6 Å². The smallest absolute Gasteiger partial charge is 0.125 e. The summed E-state index contributed by atoms with van der Waals surface area (Å²) in [6, 6.07) is 76.4. The van der Waals surface area contributed by atoms with Gasteiger partial charge in [-0.25, -0.2) is 8.78 Å². The standard InChI is InChI=1S/C66H49F2N3Si/c1-66(2,3)72(4,47-27-35-58-55(39-47)53-32-31-51-49-29-25-42(67)37-57(49)61(41-17-9-5-10-18-41)62(51)63(53)69(58)44-19-11-6-12-20-44)48-28-36-59-56(40-48)54-34-33-52-50-30-26-43(68)38-60(50)71(46-23-15-8-16-24-46)64(52)65(54)70(59)45-21-13-7-14-22-45/h5-40,61H,1-4H3. The lowest BCUT2D eigenvalue weighted by Gasteiger charge is -2.41. The zero-order valence-corrected chi connectivity index (χ0v) is 41.5. The van der Waals surface area contributed by atoms with Gasteiger partial charge in [0.25, 0.3) is 0 Å². The fraction of sp³-hybridized carbons (Fsp3) is 0.0909.